The summed E-state index contributed by atoms with van der Waals surface area (Å²) in [6, 6.07) is -0.825. The average Bonchev–Trinajstić information content (AvgIpc) is 3.16. The van der Waals surface area contributed by atoms with Crippen molar-refractivity contribution in [3.63, 3.8) is 0 Å². The first-order valence-electron chi connectivity index (χ1n) is 6.93. The first kappa shape index (κ1) is 13.9. The predicted molar refractivity (Wildman–Crippen MR) is 73.0 cm³/mol. The molecule has 1 N–H and O–H groups in total. The molecule has 104 valence electrons. The van der Waals surface area contributed by atoms with E-state index in [1.165, 1.54) is 0 Å². The Morgan fingerprint density at radius 1 is 1.37 bits per heavy atom. The Morgan fingerprint density at radius 2 is 1.95 bits per heavy atom. The van der Waals surface area contributed by atoms with Gasteiger partial charge in [-0.1, -0.05) is 19.8 Å². The molecule has 19 heavy (non-hydrogen) atoms. The van der Waals surface area contributed by atoms with E-state index >= 15 is 0 Å². The molecule has 0 bridgehead atoms. The molecule has 1 aliphatic carbocycles. The molecule has 0 radical (unpaired) electrons. The van der Waals surface area contributed by atoms with Crippen LogP contribution >= 0.6 is 0 Å². The van der Waals surface area contributed by atoms with Gasteiger partial charge in [0.2, 0.25) is 11.8 Å². The van der Waals surface area contributed by atoms with E-state index in [2.05, 4.69) is 11.2 Å². The molecule has 1 saturated heterocycles. The number of nitrogens with one attached hydrogen (secondary N) is 1. The third-order valence-electron chi connectivity index (χ3n) is 4.31. The number of nitrogens with zero attached hydrogens (tertiary/aromatic N) is 1. The molecule has 2 rings (SSSR count). The Balaban J connectivity index is 2.39. The second-order valence-corrected chi connectivity index (χ2v) is 6.21. The first-order valence-corrected chi connectivity index (χ1v) is 6.93. The highest BCUT2D eigenvalue weighted by Gasteiger charge is 2.56. The zero-order chi connectivity index (χ0) is 14.4. The second kappa shape index (κ2) is 4.56. The maximum atomic E-state index is 12.8. The predicted octanol–water partition coefficient (Wildman–Crippen LogP) is 1.16. The van der Waals surface area contributed by atoms with E-state index in [9.17, 15) is 9.59 Å². The molecule has 3 atom stereocenters. The van der Waals surface area contributed by atoms with Crippen molar-refractivity contribution in [1.29, 1.82) is 0 Å². The van der Waals surface area contributed by atoms with Crippen molar-refractivity contribution in [2.24, 2.45) is 11.8 Å². The second-order valence-electron chi connectivity index (χ2n) is 6.21. The summed E-state index contributed by atoms with van der Waals surface area (Å²) < 4.78 is 0. The highest BCUT2D eigenvalue weighted by atomic mass is 16.2. The summed E-state index contributed by atoms with van der Waals surface area (Å²) in [5.41, 5.74) is -0.770. The van der Waals surface area contributed by atoms with Crippen LogP contribution in [0, 0.1) is 24.2 Å². The topological polar surface area (TPSA) is 49.4 Å². The number of hydrogen-bond acceptors (Lipinski definition) is 2. The molecule has 4 heteroatoms. The standard InChI is InChI=1S/C15H22N2O2/c1-6-10(4)17-12(9(2)3)13(18)16-15(5,14(17)19)11-7-8-11/h1,9-12H,7-8H2,2-5H3,(H,16,18). The fourth-order valence-electron chi connectivity index (χ4n) is 2.96. The van der Waals surface area contributed by atoms with Gasteiger partial charge in [0.05, 0.1) is 6.04 Å². The van der Waals surface area contributed by atoms with Crippen molar-refractivity contribution in [2.75, 3.05) is 0 Å². The Kier molecular flexibility index (Phi) is 3.34. The van der Waals surface area contributed by atoms with E-state index in [0.717, 1.165) is 12.8 Å². The highest BCUT2D eigenvalue weighted by molar-refractivity contribution is 6.00. The van der Waals surface area contributed by atoms with Crippen LogP contribution in [0.15, 0.2) is 0 Å². The van der Waals surface area contributed by atoms with Crippen LogP contribution in [0.5, 0.6) is 0 Å². The van der Waals surface area contributed by atoms with Crippen LogP contribution in [0.25, 0.3) is 0 Å². The van der Waals surface area contributed by atoms with E-state index in [-0.39, 0.29) is 29.7 Å². The SMILES string of the molecule is C#CC(C)N1C(=O)C(C)(C2CC2)NC(=O)C1C(C)C. The molecule has 2 aliphatic rings. The smallest absolute Gasteiger partial charge is 0.250 e. The fourth-order valence-corrected chi connectivity index (χ4v) is 2.96. The zero-order valence-corrected chi connectivity index (χ0v) is 12.1. The minimum atomic E-state index is -0.770. The lowest BCUT2D eigenvalue weighted by molar-refractivity contribution is -0.158. The quantitative estimate of drug-likeness (QED) is 0.776. The molecular weight excluding hydrogens is 240 g/mol. The van der Waals surface area contributed by atoms with Gasteiger partial charge in [-0.15, -0.1) is 6.42 Å². The van der Waals surface area contributed by atoms with Gasteiger partial charge in [0.1, 0.15) is 11.6 Å². The largest absolute Gasteiger partial charge is 0.340 e. The molecule has 0 spiro atoms. The van der Waals surface area contributed by atoms with Gasteiger partial charge in [-0.05, 0) is 38.5 Å². The third-order valence-corrected chi connectivity index (χ3v) is 4.31. The van der Waals surface area contributed by atoms with Gasteiger partial charge in [-0.25, -0.2) is 0 Å². The van der Waals surface area contributed by atoms with Crippen LogP contribution in [0.3, 0.4) is 0 Å². The normalized spacial score (nSPS) is 33.1. The van der Waals surface area contributed by atoms with E-state index in [4.69, 9.17) is 6.42 Å². The van der Waals surface area contributed by atoms with Crippen molar-refractivity contribution in [3.05, 3.63) is 0 Å². The van der Waals surface area contributed by atoms with Crippen molar-refractivity contribution in [2.45, 2.75) is 58.2 Å². The molecule has 2 amide bonds. The lowest BCUT2D eigenvalue weighted by Gasteiger charge is -2.47. The van der Waals surface area contributed by atoms with Crippen molar-refractivity contribution in [1.82, 2.24) is 10.2 Å². The number of carbonyl (C=O) groups is 2. The molecule has 0 aromatic heterocycles. The lowest BCUT2D eigenvalue weighted by Crippen LogP contribution is -2.72. The Labute approximate surface area is 114 Å². The van der Waals surface area contributed by atoms with Gasteiger partial charge >= 0.3 is 0 Å². The Morgan fingerprint density at radius 3 is 2.37 bits per heavy atom. The van der Waals surface area contributed by atoms with Gasteiger partial charge in [0, 0.05) is 0 Å². The zero-order valence-electron chi connectivity index (χ0n) is 12.1. The number of carbonyl (C=O) groups excluding carboxylic acids is 2. The summed E-state index contributed by atoms with van der Waals surface area (Å²) in [5, 5.41) is 2.95. The first-order chi connectivity index (χ1) is 8.82. The summed E-state index contributed by atoms with van der Waals surface area (Å²) >= 11 is 0. The van der Waals surface area contributed by atoms with Gasteiger partial charge in [0.15, 0.2) is 0 Å². The molecule has 1 heterocycles. The highest BCUT2D eigenvalue weighted by Crippen LogP contribution is 2.43. The fraction of sp³-hybridized carbons (Fsp3) is 0.733. The monoisotopic (exact) mass is 262 g/mol. The number of hydrogen-bond donors (Lipinski definition) is 1. The molecule has 4 nitrogen and oxygen atoms in total. The third kappa shape index (κ3) is 2.11. The van der Waals surface area contributed by atoms with Gasteiger partial charge in [-0.3, -0.25) is 9.59 Å². The summed E-state index contributed by atoms with van der Waals surface area (Å²) in [5.74, 6) is 2.79. The summed E-state index contributed by atoms with van der Waals surface area (Å²) in [6.07, 6.45) is 7.46. The van der Waals surface area contributed by atoms with Crippen LogP contribution in [-0.4, -0.2) is 34.3 Å². The Bertz CT molecular complexity index is 448. The van der Waals surface area contributed by atoms with Gasteiger partial charge < -0.3 is 10.2 Å². The minimum absolute atomic E-state index is 0.0289. The minimum Gasteiger partial charge on any atom is -0.340 e. The summed E-state index contributed by atoms with van der Waals surface area (Å²) in [6.45, 7) is 7.51. The van der Waals surface area contributed by atoms with E-state index in [1.54, 1.807) is 11.8 Å². The maximum Gasteiger partial charge on any atom is 0.250 e. The molecule has 1 saturated carbocycles. The summed E-state index contributed by atoms with van der Waals surface area (Å²) in [4.78, 5) is 26.8. The maximum absolute atomic E-state index is 12.8. The van der Waals surface area contributed by atoms with E-state index in [0.29, 0.717) is 0 Å². The lowest BCUT2D eigenvalue weighted by atomic mass is 9.85. The van der Waals surface area contributed by atoms with Crippen LogP contribution < -0.4 is 5.32 Å². The average molecular weight is 262 g/mol. The Hall–Kier alpha value is -1.50. The van der Waals surface area contributed by atoms with Crippen LogP contribution in [0.2, 0.25) is 0 Å². The molecule has 0 aromatic rings. The van der Waals surface area contributed by atoms with Gasteiger partial charge in [0.25, 0.3) is 0 Å². The number of piperazine rings is 1. The van der Waals surface area contributed by atoms with E-state index < -0.39 is 11.6 Å². The van der Waals surface area contributed by atoms with Crippen molar-refractivity contribution >= 4 is 11.8 Å². The molecule has 2 fully saturated rings. The number of amides is 2. The van der Waals surface area contributed by atoms with E-state index in [1.807, 2.05) is 20.8 Å². The van der Waals surface area contributed by atoms with Crippen LogP contribution in [0.4, 0.5) is 0 Å². The molecule has 3 unspecified atom stereocenters. The number of rotatable bonds is 3. The van der Waals surface area contributed by atoms with Crippen LogP contribution in [0.1, 0.15) is 40.5 Å². The number of terminal acetylenes is 1. The molecule has 1 aliphatic heterocycles. The van der Waals surface area contributed by atoms with Crippen molar-refractivity contribution in [3.8, 4) is 12.3 Å². The van der Waals surface area contributed by atoms with Gasteiger partial charge in [-0.2, -0.15) is 0 Å². The molecule has 0 aromatic carbocycles. The van der Waals surface area contributed by atoms with Crippen LogP contribution in [-0.2, 0) is 9.59 Å². The molecular formula is C15H22N2O2. The summed E-state index contributed by atoms with van der Waals surface area (Å²) in [7, 11) is 0. The van der Waals surface area contributed by atoms with Crippen molar-refractivity contribution < 1.29 is 9.59 Å².